The highest BCUT2D eigenvalue weighted by Gasteiger charge is 2.08. The Morgan fingerprint density at radius 3 is 2.56 bits per heavy atom. The Balaban J connectivity index is 3.46. The third-order valence-electron chi connectivity index (χ3n) is 0.723. The van der Waals surface area contributed by atoms with Crippen LogP contribution in [0.2, 0.25) is 0 Å². The molecule has 5 heteroatoms. The van der Waals surface area contributed by atoms with Crippen molar-refractivity contribution < 1.29 is 19.6 Å². The van der Waals surface area contributed by atoms with Gasteiger partial charge in [0.05, 0.1) is 12.7 Å². The lowest BCUT2D eigenvalue weighted by atomic mass is 10.3. The predicted molar refractivity (Wildman–Crippen MR) is 30.3 cm³/mol. The molecule has 0 aliphatic heterocycles. The monoisotopic (exact) mass is 150 g/mol. The molecule has 0 spiro atoms. The van der Waals surface area contributed by atoms with Gasteiger partial charge in [0, 0.05) is 6.42 Å². The van der Waals surface area contributed by atoms with Gasteiger partial charge in [0.1, 0.15) is 0 Å². The molecule has 0 bridgehead atoms. The van der Waals surface area contributed by atoms with Gasteiger partial charge >= 0.3 is 0 Å². The quantitative estimate of drug-likeness (QED) is 0.532. The Morgan fingerprint density at radius 1 is 1.67 bits per heavy atom. The average Bonchev–Trinajstić information content (AvgIpc) is 1.87. The lowest BCUT2D eigenvalue weighted by molar-refractivity contribution is -0.113. The Labute approximate surface area is 53.7 Å². The first-order chi connectivity index (χ1) is 4.20. The van der Waals surface area contributed by atoms with Gasteiger partial charge in [-0.25, -0.2) is 0 Å². The molecule has 0 radical (unpaired) electrons. The lowest BCUT2D eigenvalue weighted by Crippen LogP contribution is -2.14. The maximum Gasteiger partial charge on any atom is 0.231 e. The summed E-state index contributed by atoms with van der Waals surface area (Å²) in [5, 5.41) is 16.7. The van der Waals surface area contributed by atoms with E-state index in [-0.39, 0.29) is 6.42 Å². The molecule has 0 saturated heterocycles. The van der Waals surface area contributed by atoms with Crippen LogP contribution in [0, 0.1) is 0 Å². The summed E-state index contributed by atoms with van der Waals surface area (Å²) in [4.78, 5) is 10.2. The van der Waals surface area contributed by atoms with Gasteiger partial charge in [-0.2, -0.15) is 0 Å². The molecule has 0 fully saturated rings. The van der Waals surface area contributed by atoms with E-state index in [2.05, 4.69) is 0 Å². The summed E-state index contributed by atoms with van der Waals surface area (Å²) in [5.41, 5.74) is -0.600. The van der Waals surface area contributed by atoms with Crippen LogP contribution in [-0.4, -0.2) is 28.4 Å². The Kier molecular flexibility index (Phi) is 4.40. The highest BCUT2D eigenvalue weighted by molar-refractivity contribution is 7.46. The van der Waals surface area contributed by atoms with E-state index in [1.807, 2.05) is 0 Å². The van der Waals surface area contributed by atoms with E-state index in [0.29, 0.717) is 0 Å². The summed E-state index contributed by atoms with van der Waals surface area (Å²) in [6, 6.07) is 0. The van der Waals surface area contributed by atoms with Crippen molar-refractivity contribution in [2.45, 2.75) is 12.5 Å². The number of aliphatic hydroxyl groups excluding tert-OH is 2. The fraction of sp³-hybridized carbons (Fsp3) is 0.750. The van der Waals surface area contributed by atoms with Gasteiger partial charge in [-0.1, -0.05) is 0 Å². The van der Waals surface area contributed by atoms with E-state index in [1.54, 1.807) is 0 Å². The molecule has 2 N–H and O–H groups in total. The van der Waals surface area contributed by atoms with Crippen LogP contribution in [0.1, 0.15) is 6.42 Å². The van der Waals surface area contributed by atoms with Gasteiger partial charge in [0.15, 0.2) is 0 Å². The molecule has 4 nitrogen and oxygen atoms in total. The molecular weight excluding hydrogens is 143 g/mol. The second-order valence-corrected chi connectivity index (χ2v) is 2.21. The zero-order valence-electron chi connectivity index (χ0n) is 4.65. The smallest absolute Gasteiger partial charge is 0.231 e. The van der Waals surface area contributed by atoms with Crippen LogP contribution in [0.15, 0.2) is 0 Å². The van der Waals surface area contributed by atoms with Crippen molar-refractivity contribution in [1.29, 1.82) is 0 Å². The summed E-state index contributed by atoms with van der Waals surface area (Å²) in [6.07, 6.45) is -1.32. The molecular formula is C4H7O4P. The van der Waals surface area contributed by atoms with Crippen molar-refractivity contribution in [2.75, 3.05) is 6.61 Å². The summed E-state index contributed by atoms with van der Waals surface area (Å²) >= 11 is 0. The Hall–Kier alpha value is -0.310. The molecule has 0 aliphatic rings. The van der Waals surface area contributed by atoms with E-state index >= 15 is 0 Å². The van der Waals surface area contributed by atoms with Crippen molar-refractivity contribution in [3.8, 4) is 0 Å². The first-order valence-electron chi connectivity index (χ1n) is 2.35. The van der Waals surface area contributed by atoms with Crippen LogP contribution < -0.4 is 0 Å². The SMILES string of the molecule is O=PC(=O)CC(O)CO. The summed E-state index contributed by atoms with van der Waals surface area (Å²) in [7, 11) is -0.612. The van der Waals surface area contributed by atoms with E-state index in [9.17, 15) is 9.36 Å². The van der Waals surface area contributed by atoms with Gasteiger partial charge in [-0.3, -0.25) is 9.36 Å². The molecule has 1 unspecified atom stereocenters. The van der Waals surface area contributed by atoms with Gasteiger partial charge in [-0.05, 0) is 0 Å². The second kappa shape index (κ2) is 4.56. The summed E-state index contributed by atoms with van der Waals surface area (Å²) < 4.78 is 9.71. The van der Waals surface area contributed by atoms with Gasteiger partial charge in [0.2, 0.25) is 14.0 Å². The molecule has 0 aromatic heterocycles. The third-order valence-corrected chi connectivity index (χ3v) is 1.11. The molecule has 0 aromatic carbocycles. The van der Waals surface area contributed by atoms with Crippen molar-refractivity contribution >= 4 is 14.0 Å². The van der Waals surface area contributed by atoms with Crippen LogP contribution >= 0.6 is 8.46 Å². The zero-order valence-corrected chi connectivity index (χ0v) is 5.54. The standard InChI is InChI=1S/C4H7O4P/c5-2-3(6)1-4(7)9-8/h3,5-6H,1-2H2. The number of carbonyl (C=O) groups is 1. The minimum Gasteiger partial charge on any atom is -0.394 e. The predicted octanol–water partition coefficient (Wildman–Crippen LogP) is -0.452. The van der Waals surface area contributed by atoms with Crippen molar-refractivity contribution in [1.82, 2.24) is 0 Å². The zero-order chi connectivity index (χ0) is 7.28. The molecule has 0 aliphatic carbocycles. The molecule has 0 rings (SSSR count). The number of hydrogen-bond acceptors (Lipinski definition) is 4. The number of aliphatic hydroxyl groups is 2. The molecule has 52 valence electrons. The number of rotatable bonds is 4. The van der Waals surface area contributed by atoms with Crippen LogP contribution in [0.3, 0.4) is 0 Å². The van der Waals surface area contributed by atoms with Crippen LogP contribution in [0.25, 0.3) is 0 Å². The second-order valence-electron chi connectivity index (χ2n) is 1.53. The molecule has 1 atom stereocenters. The topological polar surface area (TPSA) is 74.6 Å². The van der Waals surface area contributed by atoms with Crippen molar-refractivity contribution in [3.63, 3.8) is 0 Å². The van der Waals surface area contributed by atoms with Gasteiger partial charge in [-0.15, -0.1) is 0 Å². The summed E-state index contributed by atoms with van der Waals surface area (Å²) in [5.74, 6) is 0. The summed E-state index contributed by atoms with van der Waals surface area (Å²) in [6.45, 7) is -0.471. The highest BCUT2D eigenvalue weighted by Crippen LogP contribution is 2.01. The first-order valence-corrected chi connectivity index (χ1v) is 3.17. The molecule has 0 amide bonds. The van der Waals surface area contributed by atoms with E-state index in [0.717, 1.165) is 0 Å². The average molecular weight is 150 g/mol. The fourth-order valence-corrected chi connectivity index (χ4v) is 0.589. The van der Waals surface area contributed by atoms with E-state index in [4.69, 9.17) is 10.2 Å². The molecule has 0 saturated carbocycles. The van der Waals surface area contributed by atoms with Crippen molar-refractivity contribution in [3.05, 3.63) is 0 Å². The highest BCUT2D eigenvalue weighted by atomic mass is 31.1. The number of hydrogen-bond donors (Lipinski definition) is 2. The van der Waals surface area contributed by atoms with Crippen LogP contribution in [0.5, 0.6) is 0 Å². The lowest BCUT2D eigenvalue weighted by Gasteiger charge is -1.99. The van der Waals surface area contributed by atoms with E-state index in [1.165, 1.54) is 0 Å². The molecule has 9 heavy (non-hydrogen) atoms. The van der Waals surface area contributed by atoms with E-state index < -0.39 is 26.7 Å². The third kappa shape index (κ3) is 4.21. The van der Waals surface area contributed by atoms with Crippen LogP contribution in [-0.2, 0) is 9.36 Å². The van der Waals surface area contributed by atoms with Gasteiger partial charge in [0.25, 0.3) is 0 Å². The minimum absolute atomic E-state index is 0.248. The largest absolute Gasteiger partial charge is 0.394 e. The molecule has 0 heterocycles. The normalized spacial score (nSPS) is 13.6. The minimum atomic E-state index is -1.07. The Morgan fingerprint density at radius 2 is 2.22 bits per heavy atom. The fourth-order valence-electron chi connectivity index (χ4n) is 0.303. The number of carbonyl (C=O) groups excluding carboxylic acids is 1. The maximum absolute atomic E-state index is 10.2. The maximum atomic E-state index is 10.2. The molecule has 0 aromatic rings. The van der Waals surface area contributed by atoms with Crippen LogP contribution in [0.4, 0.5) is 0 Å². The Bertz CT molecular complexity index is 113. The van der Waals surface area contributed by atoms with Gasteiger partial charge < -0.3 is 10.2 Å². The first kappa shape index (κ1) is 8.69. The van der Waals surface area contributed by atoms with Crippen molar-refractivity contribution in [2.24, 2.45) is 0 Å².